The molecule has 1 aromatic carbocycles. The van der Waals surface area contributed by atoms with Crippen LogP contribution in [-0.4, -0.2) is 56.4 Å². The lowest BCUT2D eigenvalue weighted by molar-refractivity contribution is 0.0601. The fourth-order valence-electron chi connectivity index (χ4n) is 2.13. The van der Waals surface area contributed by atoms with E-state index < -0.39 is 13.1 Å². The zero-order chi connectivity index (χ0) is 13.8. The molecule has 0 aliphatic carbocycles. The van der Waals surface area contributed by atoms with Crippen LogP contribution in [0.2, 0.25) is 0 Å². The summed E-state index contributed by atoms with van der Waals surface area (Å²) in [5.41, 5.74) is 1.41. The van der Waals surface area contributed by atoms with Crippen molar-refractivity contribution in [1.29, 1.82) is 0 Å². The van der Waals surface area contributed by atoms with Gasteiger partial charge in [0, 0.05) is 31.9 Å². The first-order valence-electron chi connectivity index (χ1n) is 6.17. The van der Waals surface area contributed by atoms with Crippen LogP contribution in [0.25, 0.3) is 0 Å². The van der Waals surface area contributed by atoms with Gasteiger partial charge in [-0.05, 0) is 23.7 Å². The van der Waals surface area contributed by atoms with Crippen molar-refractivity contribution in [3.8, 4) is 0 Å². The van der Waals surface area contributed by atoms with E-state index in [9.17, 15) is 14.8 Å². The van der Waals surface area contributed by atoms with E-state index in [0.717, 1.165) is 31.9 Å². The second-order valence-electron chi connectivity index (χ2n) is 4.42. The highest BCUT2D eigenvalue weighted by atomic mass is 16.5. The van der Waals surface area contributed by atoms with Crippen molar-refractivity contribution in [2.45, 2.75) is 0 Å². The van der Waals surface area contributed by atoms with Crippen molar-refractivity contribution < 1.29 is 19.6 Å². The fourth-order valence-corrected chi connectivity index (χ4v) is 2.13. The predicted molar refractivity (Wildman–Crippen MR) is 72.7 cm³/mol. The van der Waals surface area contributed by atoms with E-state index in [1.807, 2.05) is 0 Å². The summed E-state index contributed by atoms with van der Waals surface area (Å²) >= 11 is 0. The van der Waals surface area contributed by atoms with Crippen LogP contribution in [0.1, 0.15) is 10.4 Å². The van der Waals surface area contributed by atoms with Gasteiger partial charge in [-0.25, -0.2) is 4.79 Å². The summed E-state index contributed by atoms with van der Waals surface area (Å²) < 4.78 is 4.68. The monoisotopic (exact) mass is 264 g/mol. The Hall–Kier alpha value is -1.57. The van der Waals surface area contributed by atoms with E-state index in [-0.39, 0.29) is 5.46 Å². The Labute approximate surface area is 112 Å². The highest BCUT2D eigenvalue weighted by Crippen LogP contribution is 2.16. The SMILES string of the molecule is COC(=O)c1cc(B(O)O)cc(N2CCNCC2)c1. The lowest BCUT2D eigenvalue weighted by Crippen LogP contribution is -2.44. The highest BCUT2D eigenvalue weighted by Gasteiger charge is 2.19. The largest absolute Gasteiger partial charge is 0.488 e. The minimum Gasteiger partial charge on any atom is -0.465 e. The Morgan fingerprint density at radius 1 is 1.32 bits per heavy atom. The fraction of sp³-hybridized carbons (Fsp3) is 0.417. The van der Waals surface area contributed by atoms with Crippen LogP contribution in [0.5, 0.6) is 0 Å². The molecule has 0 bridgehead atoms. The van der Waals surface area contributed by atoms with Gasteiger partial charge in [-0.1, -0.05) is 0 Å². The third-order valence-electron chi connectivity index (χ3n) is 3.14. The van der Waals surface area contributed by atoms with Gasteiger partial charge in [0.15, 0.2) is 0 Å². The van der Waals surface area contributed by atoms with E-state index in [1.165, 1.54) is 13.2 Å². The highest BCUT2D eigenvalue weighted by molar-refractivity contribution is 6.58. The van der Waals surface area contributed by atoms with E-state index >= 15 is 0 Å². The number of anilines is 1. The van der Waals surface area contributed by atoms with Crippen LogP contribution in [0.3, 0.4) is 0 Å². The molecule has 0 radical (unpaired) electrons. The Morgan fingerprint density at radius 3 is 2.58 bits per heavy atom. The molecule has 0 spiro atoms. The molecule has 102 valence electrons. The summed E-state index contributed by atoms with van der Waals surface area (Å²) in [6.45, 7) is 3.34. The van der Waals surface area contributed by atoms with Crippen LogP contribution >= 0.6 is 0 Å². The number of hydrogen-bond acceptors (Lipinski definition) is 6. The minimum absolute atomic E-state index is 0.288. The molecule has 0 saturated carbocycles. The van der Waals surface area contributed by atoms with Gasteiger partial charge in [-0.15, -0.1) is 0 Å². The van der Waals surface area contributed by atoms with E-state index in [2.05, 4.69) is 15.0 Å². The normalized spacial score (nSPS) is 15.2. The summed E-state index contributed by atoms with van der Waals surface area (Å²) in [6.07, 6.45) is 0. The van der Waals surface area contributed by atoms with Crippen LogP contribution in [0.15, 0.2) is 18.2 Å². The first-order valence-corrected chi connectivity index (χ1v) is 6.17. The number of carbonyl (C=O) groups is 1. The van der Waals surface area contributed by atoms with Crippen LogP contribution in [0, 0.1) is 0 Å². The Balaban J connectivity index is 2.35. The first-order chi connectivity index (χ1) is 9.11. The molecule has 1 fully saturated rings. The molecule has 6 nitrogen and oxygen atoms in total. The molecule has 0 atom stereocenters. The Kier molecular flexibility index (Phi) is 4.41. The summed E-state index contributed by atoms with van der Waals surface area (Å²) in [4.78, 5) is 13.7. The lowest BCUT2D eigenvalue weighted by Gasteiger charge is -2.30. The standard InChI is InChI=1S/C12H17BN2O4/c1-19-12(16)9-6-10(13(17)18)8-11(7-9)15-4-2-14-3-5-15/h6-8,14,17-18H,2-5H2,1H3. The molecule has 1 saturated heterocycles. The van der Waals surface area contributed by atoms with Gasteiger partial charge >= 0.3 is 13.1 Å². The van der Waals surface area contributed by atoms with Crippen molar-refractivity contribution in [2.75, 3.05) is 38.2 Å². The molecule has 1 aliphatic heterocycles. The van der Waals surface area contributed by atoms with Crippen LogP contribution in [-0.2, 0) is 4.74 Å². The summed E-state index contributed by atoms with van der Waals surface area (Å²) in [5, 5.41) is 21.8. The molecular weight excluding hydrogens is 247 g/mol. The van der Waals surface area contributed by atoms with Gasteiger partial charge in [0.1, 0.15) is 0 Å². The molecule has 0 aromatic heterocycles. The Morgan fingerprint density at radius 2 is 2.00 bits per heavy atom. The molecule has 1 aromatic rings. The molecule has 2 rings (SSSR count). The van der Waals surface area contributed by atoms with Crippen molar-refractivity contribution >= 4 is 24.2 Å². The molecular formula is C12H17BN2O4. The predicted octanol–water partition coefficient (Wildman–Crippen LogP) is -1.44. The average molecular weight is 264 g/mol. The number of piperazine rings is 1. The second kappa shape index (κ2) is 6.05. The maximum absolute atomic E-state index is 11.6. The topological polar surface area (TPSA) is 82.0 Å². The number of methoxy groups -OCH3 is 1. The molecule has 1 heterocycles. The van der Waals surface area contributed by atoms with Crippen LogP contribution < -0.4 is 15.7 Å². The molecule has 7 heteroatoms. The third kappa shape index (κ3) is 3.26. The van der Waals surface area contributed by atoms with Gasteiger partial charge in [-0.2, -0.15) is 0 Å². The van der Waals surface area contributed by atoms with Gasteiger partial charge < -0.3 is 25.0 Å². The van der Waals surface area contributed by atoms with Crippen molar-refractivity contribution in [3.63, 3.8) is 0 Å². The number of nitrogens with zero attached hydrogens (tertiary/aromatic N) is 1. The smallest absolute Gasteiger partial charge is 0.465 e. The molecule has 3 N–H and O–H groups in total. The average Bonchev–Trinajstić information content (AvgIpc) is 2.46. The third-order valence-corrected chi connectivity index (χ3v) is 3.14. The number of ether oxygens (including phenoxy) is 1. The molecule has 0 unspecified atom stereocenters. The summed E-state index contributed by atoms with van der Waals surface area (Å²) in [5.74, 6) is -0.487. The minimum atomic E-state index is -1.61. The zero-order valence-electron chi connectivity index (χ0n) is 10.8. The lowest BCUT2D eigenvalue weighted by atomic mass is 9.79. The molecule has 19 heavy (non-hydrogen) atoms. The van der Waals surface area contributed by atoms with Gasteiger partial charge in [-0.3, -0.25) is 0 Å². The summed E-state index contributed by atoms with van der Waals surface area (Å²) in [7, 11) is -0.305. The second-order valence-corrected chi connectivity index (χ2v) is 4.42. The van der Waals surface area contributed by atoms with Crippen LogP contribution in [0.4, 0.5) is 5.69 Å². The Bertz CT molecular complexity index is 461. The number of benzene rings is 1. The molecule has 0 amide bonds. The molecule has 1 aliphatic rings. The number of hydrogen-bond donors (Lipinski definition) is 3. The number of rotatable bonds is 3. The van der Waals surface area contributed by atoms with Gasteiger partial charge in [0.05, 0.1) is 12.7 Å². The number of nitrogens with one attached hydrogen (secondary N) is 1. The zero-order valence-corrected chi connectivity index (χ0v) is 10.8. The number of carbonyl (C=O) groups excluding carboxylic acids is 1. The maximum atomic E-state index is 11.6. The van der Waals surface area contributed by atoms with Crippen molar-refractivity contribution in [2.24, 2.45) is 0 Å². The summed E-state index contributed by atoms with van der Waals surface area (Å²) in [6, 6.07) is 4.83. The maximum Gasteiger partial charge on any atom is 0.488 e. The van der Waals surface area contributed by atoms with Gasteiger partial charge in [0.25, 0.3) is 0 Å². The van der Waals surface area contributed by atoms with Crippen molar-refractivity contribution in [3.05, 3.63) is 23.8 Å². The van der Waals surface area contributed by atoms with Gasteiger partial charge in [0.2, 0.25) is 0 Å². The van der Waals surface area contributed by atoms with E-state index in [4.69, 9.17) is 0 Å². The quantitative estimate of drug-likeness (QED) is 0.458. The number of esters is 1. The first kappa shape index (κ1) is 13.9. The van der Waals surface area contributed by atoms with E-state index in [0.29, 0.717) is 5.56 Å². The van der Waals surface area contributed by atoms with Crippen molar-refractivity contribution in [1.82, 2.24) is 5.32 Å². The van der Waals surface area contributed by atoms with E-state index in [1.54, 1.807) is 12.1 Å².